The minimum Gasteiger partial charge on any atom is -0.466 e. The lowest BCUT2D eigenvalue weighted by Gasteiger charge is -2.22. The lowest BCUT2D eigenvalue weighted by atomic mass is 10.0. The molecule has 0 spiro atoms. The van der Waals surface area contributed by atoms with Crippen molar-refractivity contribution >= 4 is 5.69 Å². The van der Waals surface area contributed by atoms with E-state index in [9.17, 15) is 18.3 Å². The van der Waals surface area contributed by atoms with Crippen LogP contribution < -0.4 is 5.32 Å². The van der Waals surface area contributed by atoms with Gasteiger partial charge in [0.05, 0.1) is 30.0 Å². The third-order valence-electron chi connectivity index (χ3n) is 3.13. The Hall–Kier alpha value is -2.46. The molecule has 0 fully saturated rings. The summed E-state index contributed by atoms with van der Waals surface area (Å²) >= 11 is 0. The predicted molar refractivity (Wildman–Crippen MR) is 72.9 cm³/mol. The molecule has 0 bridgehead atoms. The first-order valence-electron chi connectivity index (χ1n) is 6.35. The maximum atomic E-state index is 12.9. The van der Waals surface area contributed by atoms with Gasteiger partial charge in [-0.2, -0.15) is 18.4 Å². The second-order valence-electron chi connectivity index (χ2n) is 4.97. The molecule has 4 nitrogen and oxygen atoms in total. The number of hydrogen-bond donors (Lipinski definition) is 2. The predicted octanol–water partition coefficient (Wildman–Crippen LogP) is 3.49. The molecule has 0 aliphatic heterocycles. The topological polar surface area (TPSA) is 69.2 Å². The summed E-state index contributed by atoms with van der Waals surface area (Å²) in [7, 11) is 0. The molecule has 0 aliphatic rings. The zero-order valence-corrected chi connectivity index (χ0v) is 11.6. The lowest BCUT2D eigenvalue weighted by Crippen LogP contribution is -2.30. The van der Waals surface area contributed by atoms with Crippen LogP contribution in [0.1, 0.15) is 23.8 Å². The quantitative estimate of drug-likeness (QED) is 0.907. The third kappa shape index (κ3) is 3.40. The van der Waals surface area contributed by atoms with Crippen LogP contribution in [0.5, 0.6) is 0 Å². The van der Waals surface area contributed by atoms with Crippen LogP contribution in [-0.4, -0.2) is 11.7 Å². The Balaban J connectivity index is 2.19. The van der Waals surface area contributed by atoms with E-state index in [1.807, 2.05) is 0 Å². The van der Waals surface area contributed by atoms with E-state index >= 15 is 0 Å². The number of nitriles is 1. The second kappa shape index (κ2) is 5.73. The average molecular weight is 310 g/mol. The van der Waals surface area contributed by atoms with Crippen LogP contribution in [0.2, 0.25) is 0 Å². The van der Waals surface area contributed by atoms with E-state index in [0.29, 0.717) is 5.76 Å². The van der Waals surface area contributed by atoms with Gasteiger partial charge in [0.1, 0.15) is 11.4 Å². The van der Waals surface area contributed by atoms with Crippen LogP contribution in [0.15, 0.2) is 41.0 Å². The summed E-state index contributed by atoms with van der Waals surface area (Å²) in [6.45, 7) is 1.43. The van der Waals surface area contributed by atoms with Crippen molar-refractivity contribution in [3.63, 3.8) is 0 Å². The minimum atomic E-state index is -4.62. The van der Waals surface area contributed by atoms with Gasteiger partial charge in [-0.05, 0) is 37.3 Å². The molecule has 1 aromatic heterocycles. The zero-order chi connectivity index (χ0) is 16.4. The van der Waals surface area contributed by atoms with E-state index in [1.54, 1.807) is 12.1 Å². The summed E-state index contributed by atoms with van der Waals surface area (Å²) in [5.41, 5.74) is -2.69. The smallest absolute Gasteiger partial charge is 0.417 e. The Bertz CT molecular complexity index is 686. The fourth-order valence-corrected chi connectivity index (χ4v) is 1.93. The molecule has 1 aromatic carbocycles. The maximum Gasteiger partial charge on any atom is 0.417 e. The number of rotatable bonds is 4. The van der Waals surface area contributed by atoms with Crippen LogP contribution in [0.3, 0.4) is 0 Å². The van der Waals surface area contributed by atoms with Gasteiger partial charge < -0.3 is 14.8 Å². The van der Waals surface area contributed by atoms with Crippen LogP contribution in [0.25, 0.3) is 0 Å². The average Bonchev–Trinajstić information content (AvgIpc) is 2.99. The Morgan fingerprint density at radius 2 is 2.05 bits per heavy atom. The monoisotopic (exact) mass is 310 g/mol. The van der Waals surface area contributed by atoms with Crippen molar-refractivity contribution in [3.05, 3.63) is 53.5 Å². The summed E-state index contributed by atoms with van der Waals surface area (Å²) in [5.74, 6) is 0.296. The fraction of sp³-hybridized carbons (Fsp3) is 0.267. The molecule has 0 aliphatic carbocycles. The highest BCUT2D eigenvalue weighted by molar-refractivity contribution is 5.53. The lowest BCUT2D eigenvalue weighted by molar-refractivity contribution is -0.137. The first-order valence-corrected chi connectivity index (χ1v) is 6.35. The van der Waals surface area contributed by atoms with Crippen LogP contribution in [-0.2, 0) is 11.8 Å². The van der Waals surface area contributed by atoms with Crippen molar-refractivity contribution in [1.29, 1.82) is 5.26 Å². The molecule has 1 unspecified atom stereocenters. The number of furan rings is 1. The molecule has 0 radical (unpaired) electrons. The maximum absolute atomic E-state index is 12.9. The van der Waals surface area contributed by atoms with E-state index < -0.39 is 22.9 Å². The van der Waals surface area contributed by atoms with Crippen molar-refractivity contribution in [2.24, 2.45) is 0 Å². The summed E-state index contributed by atoms with van der Waals surface area (Å²) < 4.78 is 43.7. The third-order valence-corrected chi connectivity index (χ3v) is 3.13. The van der Waals surface area contributed by atoms with Gasteiger partial charge in [0.15, 0.2) is 0 Å². The Kier molecular flexibility index (Phi) is 4.15. The van der Waals surface area contributed by atoms with Crippen molar-refractivity contribution in [1.82, 2.24) is 0 Å². The Labute approximate surface area is 124 Å². The SMILES string of the molecule is CC(O)(CNc1ccc(C#N)c(C(F)(F)F)c1)c1ccco1. The van der Waals surface area contributed by atoms with Gasteiger partial charge in [0, 0.05) is 5.69 Å². The number of alkyl halides is 3. The summed E-state index contributed by atoms with van der Waals surface area (Å²) in [4.78, 5) is 0. The molecule has 0 saturated heterocycles. The second-order valence-corrected chi connectivity index (χ2v) is 4.97. The van der Waals surface area contributed by atoms with E-state index in [4.69, 9.17) is 9.68 Å². The fourth-order valence-electron chi connectivity index (χ4n) is 1.93. The van der Waals surface area contributed by atoms with Gasteiger partial charge in [-0.3, -0.25) is 0 Å². The molecule has 1 heterocycles. The molecule has 22 heavy (non-hydrogen) atoms. The van der Waals surface area contributed by atoms with Crippen LogP contribution in [0, 0.1) is 11.3 Å². The molecule has 1 atom stereocenters. The van der Waals surface area contributed by atoms with Gasteiger partial charge in [-0.15, -0.1) is 0 Å². The largest absolute Gasteiger partial charge is 0.466 e. The molecule has 0 amide bonds. The van der Waals surface area contributed by atoms with Crippen molar-refractivity contribution in [2.45, 2.75) is 18.7 Å². The molecule has 2 rings (SSSR count). The first kappa shape index (κ1) is 15.9. The normalized spacial score (nSPS) is 14.2. The van der Waals surface area contributed by atoms with E-state index in [2.05, 4.69) is 5.32 Å². The van der Waals surface area contributed by atoms with Crippen LogP contribution in [0.4, 0.5) is 18.9 Å². The highest BCUT2D eigenvalue weighted by Gasteiger charge is 2.34. The van der Waals surface area contributed by atoms with Gasteiger partial charge in [-0.25, -0.2) is 0 Å². The molecule has 2 N–H and O–H groups in total. The molecule has 116 valence electrons. The van der Waals surface area contributed by atoms with E-state index in [1.165, 1.54) is 25.3 Å². The number of aliphatic hydroxyl groups is 1. The Morgan fingerprint density at radius 3 is 2.59 bits per heavy atom. The highest BCUT2D eigenvalue weighted by Crippen LogP contribution is 2.33. The van der Waals surface area contributed by atoms with Crippen molar-refractivity contribution in [3.8, 4) is 6.07 Å². The van der Waals surface area contributed by atoms with Gasteiger partial charge in [-0.1, -0.05) is 0 Å². The minimum absolute atomic E-state index is 0.0519. The first-order chi connectivity index (χ1) is 10.2. The number of nitrogens with one attached hydrogen (secondary N) is 1. The summed E-state index contributed by atoms with van der Waals surface area (Å²) in [6.07, 6.45) is -3.22. The van der Waals surface area contributed by atoms with Gasteiger partial charge in [0.2, 0.25) is 0 Å². The highest BCUT2D eigenvalue weighted by atomic mass is 19.4. The zero-order valence-electron chi connectivity index (χ0n) is 11.6. The van der Waals surface area contributed by atoms with Gasteiger partial charge in [0.25, 0.3) is 0 Å². The number of anilines is 1. The number of halogens is 3. The summed E-state index contributed by atoms with van der Waals surface area (Å²) in [5, 5.41) is 21.7. The standard InChI is InChI=1S/C15H13F3N2O2/c1-14(21,13-3-2-6-22-13)9-20-11-5-4-10(8-19)12(7-11)15(16,17)18/h2-7,20-21H,9H2,1H3. The van der Waals surface area contributed by atoms with Gasteiger partial charge >= 0.3 is 6.18 Å². The van der Waals surface area contributed by atoms with E-state index in [0.717, 1.165) is 12.1 Å². The van der Waals surface area contributed by atoms with Crippen molar-refractivity contribution in [2.75, 3.05) is 11.9 Å². The molecular weight excluding hydrogens is 297 g/mol. The number of nitrogens with zero attached hydrogens (tertiary/aromatic N) is 1. The molecule has 0 saturated carbocycles. The summed E-state index contributed by atoms with van der Waals surface area (Å²) in [6, 6.07) is 7.97. The number of benzene rings is 1. The number of hydrogen-bond acceptors (Lipinski definition) is 4. The molecular formula is C15H13F3N2O2. The van der Waals surface area contributed by atoms with Crippen molar-refractivity contribution < 1.29 is 22.7 Å². The van der Waals surface area contributed by atoms with E-state index in [-0.39, 0.29) is 12.2 Å². The molecule has 2 aromatic rings. The van der Waals surface area contributed by atoms with Crippen LogP contribution >= 0.6 is 0 Å². The molecule has 7 heteroatoms. The Morgan fingerprint density at radius 1 is 1.32 bits per heavy atom.